The molecule has 2 fully saturated rings. The number of alkyl halides is 3. The molecule has 1 amide bonds. The Morgan fingerprint density at radius 3 is 2.24 bits per heavy atom. The van der Waals surface area contributed by atoms with Crippen LogP contribution in [0.4, 0.5) is 13.2 Å². The molecule has 8 heteroatoms. The highest BCUT2D eigenvalue weighted by atomic mass is 19.4. The van der Waals surface area contributed by atoms with Gasteiger partial charge in [-0.05, 0) is 60.6 Å². The highest BCUT2D eigenvalue weighted by molar-refractivity contribution is 5.85. The van der Waals surface area contributed by atoms with Crippen LogP contribution in [0.5, 0.6) is 5.75 Å². The van der Waals surface area contributed by atoms with Gasteiger partial charge in [-0.2, -0.15) is 13.2 Å². The molecule has 0 radical (unpaired) electrons. The van der Waals surface area contributed by atoms with Gasteiger partial charge in [0.25, 0.3) is 0 Å². The second kappa shape index (κ2) is 9.49. The lowest BCUT2D eigenvalue weighted by molar-refractivity contribution is -0.136. The number of para-hydroxylation sites is 1. The Bertz CT molecular complexity index is 1470. The minimum Gasteiger partial charge on any atom is -0.497 e. The van der Waals surface area contributed by atoms with Crippen molar-refractivity contribution in [3.63, 3.8) is 0 Å². The summed E-state index contributed by atoms with van der Waals surface area (Å²) in [5.74, 6) is 1.66. The van der Waals surface area contributed by atoms with E-state index in [-0.39, 0.29) is 23.3 Å². The summed E-state index contributed by atoms with van der Waals surface area (Å²) in [6, 6.07) is 19.6. The number of nitrogens with zero attached hydrogens (tertiary/aromatic N) is 3. The van der Waals surface area contributed by atoms with Gasteiger partial charge in [-0.3, -0.25) is 4.79 Å². The number of ether oxygens (including phenoxy) is 1. The van der Waals surface area contributed by atoms with Gasteiger partial charge >= 0.3 is 6.18 Å². The van der Waals surface area contributed by atoms with Crippen molar-refractivity contribution in [2.45, 2.75) is 32.0 Å². The predicted molar refractivity (Wildman–Crippen MR) is 140 cm³/mol. The van der Waals surface area contributed by atoms with Gasteiger partial charge < -0.3 is 14.2 Å². The average Bonchev–Trinajstić information content (AvgIpc) is 3.57. The Morgan fingerprint density at radius 1 is 0.947 bits per heavy atom. The maximum Gasteiger partial charge on any atom is 0.418 e. The number of fused-ring (bicyclic) bond motifs is 1. The van der Waals surface area contributed by atoms with E-state index in [0.717, 1.165) is 47.8 Å². The smallest absolute Gasteiger partial charge is 0.418 e. The molecule has 4 aromatic rings. The van der Waals surface area contributed by atoms with Crippen molar-refractivity contribution in [3.05, 3.63) is 72.3 Å². The molecule has 38 heavy (non-hydrogen) atoms. The van der Waals surface area contributed by atoms with E-state index in [1.165, 1.54) is 6.07 Å². The lowest BCUT2D eigenvalue weighted by atomic mass is 10.0. The van der Waals surface area contributed by atoms with Gasteiger partial charge in [0.1, 0.15) is 11.6 Å². The Kier molecular flexibility index (Phi) is 6.13. The van der Waals surface area contributed by atoms with Crippen molar-refractivity contribution in [2.75, 3.05) is 20.2 Å². The van der Waals surface area contributed by atoms with Crippen molar-refractivity contribution < 1.29 is 22.7 Å². The van der Waals surface area contributed by atoms with E-state index >= 15 is 0 Å². The Balaban J connectivity index is 1.37. The van der Waals surface area contributed by atoms with E-state index in [0.29, 0.717) is 31.0 Å². The van der Waals surface area contributed by atoms with Crippen LogP contribution >= 0.6 is 0 Å². The van der Waals surface area contributed by atoms with Crippen molar-refractivity contribution in [3.8, 4) is 28.3 Å². The van der Waals surface area contributed by atoms with Gasteiger partial charge in [-0.25, -0.2) is 4.98 Å². The topological polar surface area (TPSA) is 47.4 Å². The predicted octanol–water partition coefficient (Wildman–Crippen LogP) is 6.66. The zero-order chi connectivity index (χ0) is 26.4. The molecule has 1 atom stereocenters. The van der Waals surface area contributed by atoms with Crippen LogP contribution in [-0.4, -0.2) is 40.6 Å². The van der Waals surface area contributed by atoms with Crippen molar-refractivity contribution >= 4 is 16.9 Å². The molecular weight excluding hydrogens is 491 g/mol. The first-order valence-electron chi connectivity index (χ1n) is 12.9. The fourth-order valence-corrected chi connectivity index (χ4v) is 5.44. The molecule has 1 saturated carbocycles. The molecular formula is C30H28F3N3O2. The quantitative estimate of drug-likeness (QED) is 0.286. The molecule has 6 rings (SSSR count). The van der Waals surface area contributed by atoms with E-state index in [1.54, 1.807) is 17.7 Å². The van der Waals surface area contributed by atoms with Gasteiger partial charge in [0, 0.05) is 31.1 Å². The van der Waals surface area contributed by atoms with Crippen molar-refractivity contribution in [1.29, 1.82) is 0 Å². The van der Waals surface area contributed by atoms with E-state index < -0.39 is 11.7 Å². The van der Waals surface area contributed by atoms with Crippen LogP contribution in [0.1, 0.15) is 24.8 Å². The molecule has 1 aliphatic carbocycles. The number of likely N-dealkylation sites (tertiary alicyclic amines) is 1. The van der Waals surface area contributed by atoms with Crippen molar-refractivity contribution in [2.24, 2.45) is 11.8 Å². The molecule has 0 bridgehead atoms. The Hall–Kier alpha value is -3.81. The van der Waals surface area contributed by atoms with Crippen LogP contribution in [-0.2, 0) is 17.5 Å². The summed E-state index contributed by atoms with van der Waals surface area (Å²) >= 11 is 0. The summed E-state index contributed by atoms with van der Waals surface area (Å²) in [5, 5.41) is 0. The van der Waals surface area contributed by atoms with E-state index in [1.807, 2.05) is 53.4 Å². The highest BCUT2D eigenvalue weighted by Gasteiger charge is 2.38. The number of hydrogen-bond acceptors (Lipinski definition) is 3. The highest BCUT2D eigenvalue weighted by Crippen LogP contribution is 2.39. The van der Waals surface area contributed by atoms with Crippen LogP contribution in [0.2, 0.25) is 0 Å². The summed E-state index contributed by atoms with van der Waals surface area (Å²) in [7, 11) is 1.62. The van der Waals surface area contributed by atoms with Gasteiger partial charge in [0.2, 0.25) is 5.91 Å². The standard InChI is InChI=1S/C30H28F3N3O2/c1-38-24-13-11-21(12-14-24)20-5-7-22(8-6-20)28-34-26-4-2-3-25(30(31,32)33)27(26)36(28)18-19-15-16-35(17-19)29(37)23-9-10-23/h2-8,11-14,19,23H,9-10,15-18H2,1H3. The van der Waals surface area contributed by atoms with Gasteiger partial charge in [0.15, 0.2) is 0 Å². The summed E-state index contributed by atoms with van der Waals surface area (Å²) in [6.45, 7) is 1.59. The van der Waals surface area contributed by atoms with Gasteiger partial charge in [-0.1, -0.05) is 42.5 Å². The zero-order valence-electron chi connectivity index (χ0n) is 21.0. The third-order valence-electron chi connectivity index (χ3n) is 7.60. The number of methoxy groups -OCH3 is 1. The van der Waals surface area contributed by atoms with Crippen LogP contribution in [0.15, 0.2) is 66.7 Å². The van der Waals surface area contributed by atoms with Crippen LogP contribution in [0, 0.1) is 11.8 Å². The molecule has 1 saturated heterocycles. The van der Waals surface area contributed by atoms with Crippen LogP contribution < -0.4 is 4.74 Å². The molecule has 196 valence electrons. The first-order valence-corrected chi connectivity index (χ1v) is 12.9. The van der Waals surface area contributed by atoms with Gasteiger partial charge in [-0.15, -0.1) is 0 Å². The number of rotatable bonds is 6. The second-order valence-corrected chi connectivity index (χ2v) is 10.2. The zero-order valence-corrected chi connectivity index (χ0v) is 21.0. The minimum absolute atomic E-state index is 0.0636. The Morgan fingerprint density at radius 2 is 1.61 bits per heavy atom. The fraction of sp³-hybridized carbons (Fsp3) is 0.333. The number of halogens is 3. The monoisotopic (exact) mass is 519 g/mol. The molecule has 0 spiro atoms. The normalized spacial score (nSPS) is 17.8. The maximum absolute atomic E-state index is 14.1. The third-order valence-corrected chi connectivity index (χ3v) is 7.60. The largest absolute Gasteiger partial charge is 0.497 e. The summed E-state index contributed by atoms with van der Waals surface area (Å²) in [6.07, 6.45) is -1.85. The number of amides is 1. The molecule has 1 aliphatic heterocycles. The molecule has 2 heterocycles. The molecule has 0 N–H and O–H groups in total. The summed E-state index contributed by atoms with van der Waals surface area (Å²) < 4.78 is 49.2. The average molecular weight is 520 g/mol. The first-order chi connectivity index (χ1) is 18.3. The SMILES string of the molecule is COc1ccc(-c2ccc(-c3nc4cccc(C(F)(F)F)c4n3CC3CCN(C(=O)C4CC4)C3)cc2)cc1. The molecule has 2 aliphatic rings. The number of carbonyl (C=O) groups is 1. The lowest BCUT2D eigenvalue weighted by Crippen LogP contribution is -2.30. The lowest BCUT2D eigenvalue weighted by Gasteiger charge is -2.19. The molecule has 3 aromatic carbocycles. The van der Waals surface area contributed by atoms with Crippen LogP contribution in [0.3, 0.4) is 0 Å². The van der Waals surface area contributed by atoms with E-state index in [9.17, 15) is 18.0 Å². The van der Waals surface area contributed by atoms with Gasteiger partial charge in [0.05, 0.1) is 23.7 Å². The summed E-state index contributed by atoms with van der Waals surface area (Å²) in [5.41, 5.74) is 2.47. The van der Waals surface area contributed by atoms with Crippen LogP contribution in [0.25, 0.3) is 33.5 Å². The minimum atomic E-state index is -4.50. The van der Waals surface area contributed by atoms with E-state index in [4.69, 9.17) is 4.74 Å². The number of imidazole rings is 1. The van der Waals surface area contributed by atoms with E-state index in [2.05, 4.69) is 4.98 Å². The maximum atomic E-state index is 14.1. The number of hydrogen-bond donors (Lipinski definition) is 0. The van der Waals surface area contributed by atoms with Crippen molar-refractivity contribution in [1.82, 2.24) is 14.5 Å². The molecule has 1 unspecified atom stereocenters. The Labute approximate surface area is 218 Å². The fourth-order valence-electron chi connectivity index (χ4n) is 5.44. The number of carbonyl (C=O) groups excluding carboxylic acids is 1. The number of benzene rings is 3. The first kappa shape index (κ1) is 24.5. The second-order valence-electron chi connectivity index (χ2n) is 10.2. The third kappa shape index (κ3) is 4.64. The molecule has 5 nitrogen and oxygen atoms in total. The number of aromatic nitrogens is 2. The summed E-state index contributed by atoms with van der Waals surface area (Å²) in [4.78, 5) is 19.1. The molecule has 1 aromatic heterocycles.